The summed E-state index contributed by atoms with van der Waals surface area (Å²) in [6.07, 6.45) is 6.13. The molecule has 0 spiro atoms. The van der Waals surface area contributed by atoms with Crippen LogP contribution >= 0.6 is 24.8 Å². The highest BCUT2D eigenvalue weighted by Gasteiger charge is 2.29. The fourth-order valence-corrected chi connectivity index (χ4v) is 4.45. The molecule has 3 aromatic rings. The van der Waals surface area contributed by atoms with E-state index in [0.29, 0.717) is 30.0 Å². The number of benzene rings is 2. The second-order valence-electron chi connectivity index (χ2n) is 8.83. The summed E-state index contributed by atoms with van der Waals surface area (Å²) in [5.41, 5.74) is 4.18. The van der Waals surface area contributed by atoms with E-state index in [9.17, 15) is 4.79 Å². The minimum Gasteiger partial charge on any atom is -0.497 e. The zero-order valence-electron chi connectivity index (χ0n) is 21.6. The third kappa shape index (κ3) is 7.52. The minimum atomic E-state index is -0.0143. The second-order valence-corrected chi connectivity index (χ2v) is 8.83. The van der Waals surface area contributed by atoms with Gasteiger partial charge < -0.3 is 14.6 Å². The number of amides is 1. The number of carbonyl (C=O) groups excluding carboxylic acids is 1. The average molecular weight is 555 g/mol. The Kier molecular flexibility index (Phi) is 12.2. The Balaban J connectivity index is 0.00000253. The number of unbranched alkanes of at least 4 members (excludes halogenated alkanes) is 1. The molecule has 1 aliphatic heterocycles. The van der Waals surface area contributed by atoms with Crippen molar-refractivity contribution in [1.29, 1.82) is 5.26 Å². The van der Waals surface area contributed by atoms with Gasteiger partial charge in [-0.3, -0.25) is 9.69 Å². The monoisotopic (exact) mass is 553 g/mol. The van der Waals surface area contributed by atoms with Gasteiger partial charge in [0.05, 0.1) is 42.4 Å². The van der Waals surface area contributed by atoms with Crippen molar-refractivity contribution < 1.29 is 9.53 Å². The highest BCUT2D eigenvalue weighted by Crippen LogP contribution is 2.26. The van der Waals surface area contributed by atoms with Crippen LogP contribution < -0.4 is 4.74 Å². The maximum Gasteiger partial charge on any atom is 0.255 e. The molecule has 1 fully saturated rings. The first-order chi connectivity index (χ1) is 17.6. The summed E-state index contributed by atoms with van der Waals surface area (Å²) in [6, 6.07) is 15.5. The molecular weight excluding hydrogens is 521 g/mol. The first kappa shape index (κ1) is 30.7. The van der Waals surface area contributed by atoms with Gasteiger partial charge in [-0.05, 0) is 48.7 Å². The number of rotatable bonds is 7. The third-order valence-electron chi connectivity index (χ3n) is 6.49. The Bertz CT molecular complexity index is 1270. The van der Waals surface area contributed by atoms with E-state index in [0.717, 1.165) is 49.2 Å². The molecule has 2 aromatic carbocycles. The van der Waals surface area contributed by atoms with Crippen LogP contribution in [0.2, 0.25) is 0 Å². The van der Waals surface area contributed by atoms with Crippen molar-refractivity contribution in [3.8, 4) is 23.7 Å². The van der Waals surface area contributed by atoms with Crippen LogP contribution in [0.25, 0.3) is 0 Å². The predicted molar refractivity (Wildman–Crippen MR) is 153 cm³/mol. The first-order valence-corrected chi connectivity index (χ1v) is 12.3. The molecule has 1 unspecified atom stereocenters. The lowest BCUT2D eigenvalue weighted by Crippen LogP contribution is -2.50. The number of imidazole rings is 1. The number of piperazine rings is 1. The summed E-state index contributed by atoms with van der Waals surface area (Å²) in [6.45, 7) is 4.82. The molecule has 200 valence electrons. The van der Waals surface area contributed by atoms with Crippen molar-refractivity contribution in [3.05, 3.63) is 82.9 Å². The van der Waals surface area contributed by atoms with Crippen LogP contribution in [-0.4, -0.2) is 59.0 Å². The normalized spacial score (nSPS) is 13.7. The van der Waals surface area contributed by atoms with Crippen molar-refractivity contribution in [2.45, 2.75) is 32.2 Å². The Hall–Kier alpha value is -3.49. The number of aromatic amines is 1. The van der Waals surface area contributed by atoms with Gasteiger partial charge in [-0.15, -0.1) is 24.8 Å². The van der Waals surface area contributed by atoms with E-state index in [1.165, 1.54) is 0 Å². The van der Waals surface area contributed by atoms with Crippen molar-refractivity contribution in [2.75, 3.05) is 33.3 Å². The molecule has 1 aliphatic rings. The standard InChI is InChI=1S/C29H31N5O2.2ClH/c1-3-4-5-6-24-11-12-25(36-2)18-26(24)29(35)34-15-13-33(14-16-34)28(27-20-31-21-32-27)17-22-7-9-23(19-30)10-8-22;;/h7-12,18,20-21,28H,3-4,13-17H2,1-2H3,(H,31,32);2*1H. The van der Waals surface area contributed by atoms with E-state index in [1.54, 1.807) is 19.5 Å². The van der Waals surface area contributed by atoms with E-state index in [2.05, 4.69) is 39.7 Å². The largest absolute Gasteiger partial charge is 0.497 e. The number of hydrogen-bond donors (Lipinski definition) is 1. The van der Waals surface area contributed by atoms with E-state index in [-0.39, 0.29) is 36.8 Å². The van der Waals surface area contributed by atoms with Crippen LogP contribution in [0.5, 0.6) is 5.75 Å². The summed E-state index contributed by atoms with van der Waals surface area (Å²) in [7, 11) is 1.61. The fourth-order valence-electron chi connectivity index (χ4n) is 4.45. The number of nitrogens with zero attached hydrogens (tertiary/aromatic N) is 4. The van der Waals surface area contributed by atoms with Crippen LogP contribution in [0.1, 0.15) is 58.5 Å². The van der Waals surface area contributed by atoms with Crippen molar-refractivity contribution in [1.82, 2.24) is 19.8 Å². The molecule has 0 saturated carbocycles. The summed E-state index contributed by atoms with van der Waals surface area (Å²) in [4.78, 5) is 25.3. The minimum absolute atomic E-state index is 0. The van der Waals surface area contributed by atoms with Crippen LogP contribution in [-0.2, 0) is 6.42 Å². The van der Waals surface area contributed by atoms with Gasteiger partial charge in [-0.1, -0.05) is 30.9 Å². The summed E-state index contributed by atoms with van der Waals surface area (Å²) in [5, 5.41) is 9.10. The van der Waals surface area contributed by atoms with Gasteiger partial charge in [-0.25, -0.2) is 4.98 Å². The first-order valence-electron chi connectivity index (χ1n) is 12.3. The molecule has 4 rings (SSSR count). The number of nitriles is 1. The summed E-state index contributed by atoms with van der Waals surface area (Å²) in [5.74, 6) is 6.97. The van der Waals surface area contributed by atoms with Gasteiger partial charge in [0.25, 0.3) is 5.91 Å². The zero-order chi connectivity index (χ0) is 25.3. The molecule has 0 bridgehead atoms. The molecule has 0 radical (unpaired) electrons. The molecule has 38 heavy (non-hydrogen) atoms. The van der Waals surface area contributed by atoms with Gasteiger partial charge in [0.2, 0.25) is 0 Å². The molecule has 1 N–H and O–H groups in total. The highest BCUT2D eigenvalue weighted by atomic mass is 35.5. The quantitative estimate of drug-likeness (QED) is 0.415. The number of nitrogens with one attached hydrogen (secondary N) is 1. The van der Waals surface area contributed by atoms with E-state index < -0.39 is 0 Å². The van der Waals surface area contributed by atoms with Crippen molar-refractivity contribution >= 4 is 30.7 Å². The molecule has 7 nitrogen and oxygen atoms in total. The number of methoxy groups -OCH3 is 1. The van der Waals surface area contributed by atoms with Crippen LogP contribution in [0, 0.1) is 23.2 Å². The highest BCUT2D eigenvalue weighted by molar-refractivity contribution is 5.97. The average Bonchev–Trinajstić information content (AvgIpc) is 3.47. The Morgan fingerprint density at radius 3 is 2.47 bits per heavy atom. The Morgan fingerprint density at radius 2 is 1.87 bits per heavy atom. The van der Waals surface area contributed by atoms with Crippen LogP contribution in [0.3, 0.4) is 0 Å². The second kappa shape index (κ2) is 15.1. The number of halogens is 2. The third-order valence-corrected chi connectivity index (χ3v) is 6.49. The number of aromatic nitrogens is 2. The fraction of sp³-hybridized carbons (Fsp3) is 0.345. The van der Waals surface area contributed by atoms with Crippen molar-refractivity contribution in [2.24, 2.45) is 0 Å². The number of H-pyrrole nitrogens is 1. The predicted octanol–water partition coefficient (Wildman–Crippen LogP) is 5.03. The van der Waals surface area contributed by atoms with Crippen LogP contribution in [0.15, 0.2) is 55.0 Å². The Morgan fingerprint density at radius 1 is 1.13 bits per heavy atom. The lowest BCUT2D eigenvalue weighted by molar-refractivity contribution is 0.0562. The van der Waals surface area contributed by atoms with Gasteiger partial charge in [0.15, 0.2) is 0 Å². The number of hydrogen-bond acceptors (Lipinski definition) is 5. The maximum absolute atomic E-state index is 13.5. The van der Waals surface area contributed by atoms with Crippen molar-refractivity contribution in [3.63, 3.8) is 0 Å². The van der Waals surface area contributed by atoms with E-state index >= 15 is 0 Å². The van der Waals surface area contributed by atoms with Gasteiger partial charge in [0.1, 0.15) is 5.75 Å². The molecule has 1 saturated heterocycles. The van der Waals surface area contributed by atoms with Gasteiger partial charge >= 0.3 is 0 Å². The number of carbonyl (C=O) groups is 1. The maximum atomic E-state index is 13.5. The van der Waals surface area contributed by atoms with Crippen LogP contribution in [0.4, 0.5) is 0 Å². The molecule has 1 amide bonds. The van der Waals surface area contributed by atoms with Gasteiger partial charge in [0, 0.05) is 44.4 Å². The van der Waals surface area contributed by atoms with Gasteiger partial charge in [-0.2, -0.15) is 5.26 Å². The lowest BCUT2D eigenvalue weighted by atomic mass is 10.00. The summed E-state index contributed by atoms with van der Waals surface area (Å²) >= 11 is 0. The zero-order valence-corrected chi connectivity index (χ0v) is 23.3. The molecule has 9 heteroatoms. The SMILES string of the molecule is CCCC#Cc1ccc(OC)cc1C(=O)N1CCN(C(Cc2ccc(C#N)cc2)c2cnc[nH]2)CC1.Cl.Cl. The Labute approximate surface area is 237 Å². The number of ether oxygens (including phenoxy) is 1. The van der Waals surface area contributed by atoms with E-state index in [4.69, 9.17) is 10.00 Å². The lowest BCUT2D eigenvalue weighted by Gasteiger charge is -2.39. The molecule has 2 heterocycles. The molecular formula is C29H33Cl2N5O2. The van der Waals surface area contributed by atoms with E-state index in [1.807, 2.05) is 47.5 Å². The topological polar surface area (TPSA) is 85.2 Å². The smallest absolute Gasteiger partial charge is 0.255 e. The summed E-state index contributed by atoms with van der Waals surface area (Å²) < 4.78 is 5.38. The molecule has 0 aliphatic carbocycles. The molecule has 1 atom stereocenters. The molecule has 1 aromatic heterocycles.